The fourth-order valence-corrected chi connectivity index (χ4v) is 2.71. The molecule has 1 aromatic carbocycles. The first-order valence-electron chi connectivity index (χ1n) is 6.81. The number of fused-ring (bicyclic) bond motifs is 1. The van der Waals surface area contributed by atoms with Crippen molar-refractivity contribution in [2.45, 2.75) is 32.7 Å². The molecule has 0 saturated heterocycles. The van der Waals surface area contributed by atoms with Gasteiger partial charge in [-0.2, -0.15) is 5.10 Å². The summed E-state index contributed by atoms with van der Waals surface area (Å²) in [5, 5.41) is 4.53. The minimum atomic E-state index is 0.0629. The first kappa shape index (κ1) is 12.2. The van der Waals surface area contributed by atoms with Crippen LogP contribution in [0.1, 0.15) is 41.5 Å². The van der Waals surface area contributed by atoms with Gasteiger partial charge in [0.25, 0.3) is 0 Å². The predicted molar refractivity (Wildman–Crippen MR) is 74.3 cm³/mol. The van der Waals surface area contributed by atoms with Gasteiger partial charge in [-0.05, 0) is 31.9 Å². The van der Waals surface area contributed by atoms with Crippen LogP contribution in [0.2, 0.25) is 0 Å². The van der Waals surface area contributed by atoms with E-state index in [2.05, 4.69) is 25.0 Å². The molecule has 0 bridgehead atoms. The molecular weight excluding hydrogens is 236 g/mol. The van der Waals surface area contributed by atoms with Crippen molar-refractivity contribution < 1.29 is 4.79 Å². The van der Waals surface area contributed by atoms with E-state index in [-0.39, 0.29) is 11.7 Å². The molecule has 1 heterocycles. The van der Waals surface area contributed by atoms with E-state index in [1.165, 1.54) is 5.56 Å². The van der Waals surface area contributed by atoms with Crippen molar-refractivity contribution in [3.63, 3.8) is 0 Å². The van der Waals surface area contributed by atoms with Gasteiger partial charge in [0.15, 0.2) is 5.78 Å². The van der Waals surface area contributed by atoms with Gasteiger partial charge >= 0.3 is 0 Å². The Hall–Kier alpha value is -1.90. The Labute approximate surface area is 113 Å². The normalized spacial score (nSPS) is 18.1. The molecule has 3 nitrogen and oxygen atoms in total. The van der Waals surface area contributed by atoms with E-state index in [0.29, 0.717) is 6.04 Å². The fourth-order valence-electron chi connectivity index (χ4n) is 2.71. The van der Waals surface area contributed by atoms with Crippen molar-refractivity contribution in [2.24, 2.45) is 5.92 Å². The zero-order valence-corrected chi connectivity index (χ0v) is 11.3. The lowest BCUT2D eigenvalue weighted by Gasteiger charge is -2.06. The third kappa shape index (κ3) is 2.21. The van der Waals surface area contributed by atoms with E-state index in [4.69, 9.17) is 0 Å². The van der Waals surface area contributed by atoms with E-state index >= 15 is 0 Å². The Morgan fingerprint density at radius 2 is 2.11 bits per heavy atom. The van der Waals surface area contributed by atoms with E-state index in [0.717, 1.165) is 24.1 Å². The van der Waals surface area contributed by atoms with Crippen LogP contribution in [0.4, 0.5) is 0 Å². The largest absolute Gasteiger partial charge is 0.294 e. The Kier molecular flexibility index (Phi) is 2.97. The number of carbonyl (C=O) groups excluding carboxylic acids is 1. The summed E-state index contributed by atoms with van der Waals surface area (Å²) in [5.74, 6) is 0.336. The summed E-state index contributed by atoms with van der Waals surface area (Å²) in [5.41, 5.74) is 3.09. The lowest BCUT2D eigenvalue weighted by Crippen LogP contribution is -2.13. The van der Waals surface area contributed by atoms with Crippen molar-refractivity contribution in [1.82, 2.24) is 9.78 Å². The van der Waals surface area contributed by atoms with Gasteiger partial charge in [-0.3, -0.25) is 9.48 Å². The zero-order valence-electron chi connectivity index (χ0n) is 11.3. The second-order valence-electron chi connectivity index (χ2n) is 5.51. The molecule has 3 heteroatoms. The first-order chi connectivity index (χ1) is 9.15. The van der Waals surface area contributed by atoms with Crippen LogP contribution in [0, 0.1) is 5.92 Å². The maximum atomic E-state index is 12.3. The van der Waals surface area contributed by atoms with Crippen LogP contribution in [0.5, 0.6) is 0 Å². The molecule has 3 rings (SSSR count). The van der Waals surface area contributed by atoms with Gasteiger partial charge in [0.05, 0.1) is 5.69 Å². The van der Waals surface area contributed by atoms with Gasteiger partial charge in [-0.25, -0.2) is 0 Å². The van der Waals surface area contributed by atoms with Crippen molar-refractivity contribution in [2.75, 3.05) is 0 Å². The summed E-state index contributed by atoms with van der Waals surface area (Å²) >= 11 is 0. The van der Waals surface area contributed by atoms with Crippen molar-refractivity contribution in [3.05, 3.63) is 53.3 Å². The van der Waals surface area contributed by atoms with Crippen LogP contribution < -0.4 is 0 Å². The second kappa shape index (κ2) is 4.65. The number of carbonyl (C=O) groups is 1. The van der Waals surface area contributed by atoms with E-state index in [1.54, 1.807) is 0 Å². The number of benzene rings is 1. The highest BCUT2D eigenvalue weighted by molar-refractivity contribution is 6.02. The highest BCUT2D eigenvalue weighted by Crippen LogP contribution is 2.28. The molecule has 19 heavy (non-hydrogen) atoms. The summed E-state index contributed by atoms with van der Waals surface area (Å²) in [6, 6.07) is 10.3. The number of aromatic nitrogens is 2. The molecular formula is C16H18N2O. The van der Waals surface area contributed by atoms with Gasteiger partial charge in [0.1, 0.15) is 0 Å². The minimum absolute atomic E-state index is 0.0629. The number of rotatable bonds is 3. The lowest BCUT2D eigenvalue weighted by molar-refractivity contribution is 0.0935. The van der Waals surface area contributed by atoms with Crippen LogP contribution in [-0.4, -0.2) is 15.6 Å². The van der Waals surface area contributed by atoms with Crippen LogP contribution in [0.3, 0.4) is 0 Å². The number of hydrogen-bond donors (Lipinski definition) is 0. The fraction of sp³-hybridized carbons (Fsp3) is 0.375. The van der Waals surface area contributed by atoms with Gasteiger partial charge < -0.3 is 0 Å². The SMILES string of the molecule is CC(C)n1ccc(CC2Cc3ccccc3C2=O)n1. The van der Waals surface area contributed by atoms with Crippen molar-refractivity contribution in [3.8, 4) is 0 Å². The molecule has 1 unspecified atom stereocenters. The molecule has 1 atom stereocenters. The average Bonchev–Trinajstić information content (AvgIpc) is 2.97. The number of Topliss-reactive ketones (excluding diaryl/α,β-unsaturated/α-hetero) is 1. The minimum Gasteiger partial charge on any atom is -0.294 e. The molecule has 98 valence electrons. The highest BCUT2D eigenvalue weighted by atomic mass is 16.1. The van der Waals surface area contributed by atoms with Gasteiger partial charge in [-0.15, -0.1) is 0 Å². The molecule has 0 spiro atoms. The molecule has 0 amide bonds. The summed E-state index contributed by atoms with van der Waals surface area (Å²) in [6.07, 6.45) is 3.59. The third-order valence-corrected chi connectivity index (χ3v) is 3.77. The monoisotopic (exact) mass is 254 g/mol. The summed E-state index contributed by atoms with van der Waals surface area (Å²) in [7, 11) is 0. The van der Waals surface area contributed by atoms with Crippen LogP contribution in [-0.2, 0) is 12.8 Å². The number of nitrogens with zero attached hydrogens (tertiary/aromatic N) is 2. The summed E-state index contributed by atoms with van der Waals surface area (Å²) in [4.78, 5) is 12.3. The Bertz CT molecular complexity index is 613. The molecule has 1 aliphatic rings. The maximum Gasteiger partial charge on any atom is 0.166 e. The second-order valence-corrected chi connectivity index (χ2v) is 5.51. The topological polar surface area (TPSA) is 34.9 Å². The van der Waals surface area contributed by atoms with E-state index in [9.17, 15) is 4.79 Å². The van der Waals surface area contributed by atoms with Crippen LogP contribution in [0.25, 0.3) is 0 Å². The van der Waals surface area contributed by atoms with Crippen LogP contribution in [0.15, 0.2) is 36.5 Å². The predicted octanol–water partition coefficient (Wildman–Crippen LogP) is 3.06. The Morgan fingerprint density at radius 3 is 2.79 bits per heavy atom. The molecule has 0 N–H and O–H groups in total. The van der Waals surface area contributed by atoms with Crippen molar-refractivity contribution in [1.29, 1.82) is 0 Å². The van der Waals surface area contributed by atoms with Gasteiger partial charge in [-0.1, -0.05) is 24.3 Å². The van der Waals surface area contributed by atoms with E-state index < -0.39 is 0 Å². The average molecular weight is 254 g/mol. The van der Waals surface area contributed by atoms with Crippen LogP contribution >= 0.6 is 0 Å². The molecule has 2 aromatic rings. The molecule has 0 aliphatic heterocycles. The van der Waals surface area contributed by atoms with Crippen molar-refractivity contribution >= 4 is 5.78 Å². The summed E-state index contributed by atoms with van der Waals surface area (Å²) < 4.78 is 1.95. The maximum absolute atomic E-state index is 12.3. The Balaban J connectivity index is 1.77. The molecule has 0 saturated carbocycles. The molecule has 1 aliphatic carbocycles. The molecule has 1 aromatic heterocycles. The summed E-state index contributed by atoms with van der Waals surface area (Å²) in [6.45, 7) is 4.21. The standard InChI is InChI=1S/C16H18N2O/c1-11(2)18-8-7-14(17-18)10-13-9-12-5-3-4-6-15(12)16(13)19/h3-8,11,13H,9-10H2,1-2H3. The number of hydrogen-bond acceptors (Lipinski definition) is 2. The van der Waals surface area contributed by atoms with E-state index in [1.807, 2.05) is 35.1 Å². The Morgan fingerprint density at radius 1 is 1.32 bits per heavy atom. The first-order valence-corrected chi connectivity index (χ1v) is 6.81. The highest BCUT2D eigenvalue weighted by Gasteiger charge is 2.30. The quantitative estimate of drug-likeness (QED) is 0.843. The third-order valence-electron chi connectivity index (χ3n) is 3.77. The molecule has 0 radical (unpaired) electrons. The lowest BCUT2D eigenvalue weighted by atomic mass is 9.99. The zero-order chi connectivity index (χ0) is 13.4. The van der Waals surface area contributed by atoms with Gasteiger partial charge in [0, 0.05) is 30.1 Å². The smallest absolute Gasteiger partial charge is 0.166 e. The van der Waals surface area contributed by atoms with Gasteiger partial charge in [0.2, 0.25) is 0 Å². The number of ketones is 1. The molecule has 0 fully saturated rings.